The van der Waals surface area contributed by atoms with E-state index in [9.17, 15) is 4.39 Å². The Morgan fingerprint density at radius 2 is 2.31 bits per heavy atom. The summed E-state index contributed by atoms with van der Waals surface area (Å²) in [5.41, 5.74) is 0.681. The molecule has 0 bridgehead atoms. The highest BCUT2D eigenvalue weighted by Gasteiger charge is 2.06. The van der Waals surface area contributed by atoms with Gasteiger partial charge in [-0.1, -0.05) is 15.9 Å². The predicted octanol–water partition coefficient (Wildman–Crippen LogP) is 2.22. The molecule has 13 heavy (non-hydrogen) atoms. The van der Waals surface area contributed by atoms with E-state index in [-0.39, 0.29) is 12.4 Å². The quantitative estimate of drug-likeness (QED) is 0.829. The van der Waals surface area contributed by atoms with Crippen LogP contribution in [0.15, 0.2) is 22.7 Å². The average Bonchev–Trinajstić information content (AvgIpc) is 2.06. The lowest BCUT2D eigenvalue weighted by Crippen LogP contribution is -2.12. The first-order valence-electron chi connectivity index (χ1n) is 3.83. The molecule has 0 unspecified atom stereocenters. The van der Waals surface area contributed by atoms with E-state index in [1.165, 1.54) is 19.0 Å². The lowest BCUT2D eigenvalue weighted by atomic mass is 9.97. The minimum Gasteiger partial charge on any atom is -0.427 e. The molecular formula is C8H9BBrFO2. The highest BCUT2D eigenvalue weighted by atomic mass is 79.9. The molecule has 0 amide bonds. The molecule has 1 aromatic rings. The fourth-order valence-electron chi connectivity index (χ4n) is 0.864. The zero-order valence-corrected chi connectivity index (χ0v) is 8.71. The number of benzene rings is 1. The van der Waals surface area contributed by atoms with Crippen molar-refractivity contribution >= 4 is 23.0 Å². The Labute approximate surface area is 85.0 Å². The van der Waals surface area contributed by atoms with Gasteiger partial charge in [0, 0.05) is 4.47 Å². The molecule has 0 aliphatic rings. The number of hydrogen-bond donors (Lipinski definition) is 1. The summed E-state index contributed by atoms with van der Waals surface area (Å²) in [5, 5.41) is 8.84. The highest BCUT2D eigenvalue weighted by molar-refractivity contribution is 9.10. The Kier molecular flexibility index (Phi) is 3.90. The molecule has 0 saturated carbocycles. The highest BCUT2D eigenvalue weighted by Crippen LogP contribution is 2.18. The normalized spacial score (nSPS) is 10.2. The fraction of sp³-hybridized carbons (Fsp3) is 0.250. The third-order valence-electron chi connectivity index (χ3n) is 1.49. The summed E-state index contributed by atoms with van der Waals surface area (Å²) in [6.45, 7) is 1.70. The van der Waals surface area contributed by atoms with Crippen LogP contribution in [0.1, 0.15) is 5.56 Å². The molecule has 0 aliphatic carbocycles. The van der Waals surface area contributed by atoms with Crippen LogP contribution in [0.5, 0.6) is 0 Å². The van der Waals surface area contributed by atoms with E-state index in [4.69, 9.17) is 9.68 Å². The van der Waals surface area contributed by atoms with Crippen molar-refractivity contribution in [1.82, 2.24) is 0 Å². The predicted molar refractivity (Wildman–Crippen MR) is 52.7 cm³/mol. The maximum absolute atomic E-state index is 12.7. The van der Waals surface area contributed by atoms with E-state index in [1.54, 1.807) is 6.07 Å². The average molecular weight is 247 g/mol. The van der Waals surface area contributed by atoms with Crippen molar-refractivity contribution in [2.45, 2.75) is 13.4 Å². The first-order chi connectivity index (χ1) is 6.09. The second kappa shape index (κ2) is 4.74. The third kappa shape index (κ3) is 3.46. The summed E-state index contributed by atoms with van der Waals surface area (Å²) < 4.78 is 18.4. The summed E-state index contributed by atoms with van der Waals surface area (Å²) >= 11 is 3.25. The minimum atomic E-state index is -0.838. The molecule has 70 valence electrons. The molecule has 2 nitrogen and oxygen atoms in total. The zero-order chi connectivity index (χ0) is 9.84. The Bertz CT molecular complexity index is 293. The smallest absolute Gasteiger partial charge is 0.427 e. The Morgan fingerprint density at radius 3 is 2.92 bits per heavy atom. The van der Waals surface area contributed by atoms with Gasteiger partial charge in [-0.3, -0.25) is 0 Å². The summed E-state index contributed by atoms with van der Waals surface area (Å²) in [7, 11) is -0.838. The largest absolute Gasteiger partial charge is 0.451 e. The van der Waals surface area contributed by atoms with Crippen LogP contribution in [0, 0.1) is 5.82 Å². The topological polar surface area (TPSA) is 29.5 Å². The minimum absolute atomic E-state index is 0.190. The summed E-state index contributed by atoms with van der Waals surface area (Å²) in [6.07, 6.45) is 0. The molecule has 5 heteroatoms. The Balaban J connectivity index is 2.70. The van der Waals surface area contributed by atoms with E-state index in [1.807, 2.05) is 0 Å². The van der Waals surface area contributed by atoms with Crippen molar-refractivity contribution < 1.29 is 14.1 Å². The molecule has 0 spiro atoms. The molecule has 0 saturated heterocycles. The first kappa shape index (κ1) is 10.7. The monoisotopic (exact) mass is 246 g/mol. The van der Waals surface area contributed by atoms with Crippen LogP contribution in [-0.2, 0) is 11.3 Å². The van der Waals surface area contributed by atoms with E-state index < -0.39 is 7.12 Å². The molecule has 0 fully saturated rings. The van der Waals surface area contributed by atoms with Crippen LogP contribution < -0.4 is 0 Å². The fourth-order valence-corrected chi connectivity index (χ4v) is 1.23. The van der Waals surface area contributed by atoms with Crippen LogP contribution in [-0.4, -0.2) is 12.1 Å². The molecule has 1 aromatic carbocycles. The molecule has 0 radical (unpaired) electrons. The molecule has 0 aromatic heterocycles. The standard InChI is InChI=1S/C8H9BBrFO2/c1-9(12)13-5-6-4-7(11)2-3-8(6)10/h2-4,12H,5H2,1H3. The van der Waals surface area contributed by atoms with Gasteiger partial charge in [0.15, 0.2) is 0 Å². The maximum atomic E-state index is 12.7. The van der Waals surface area contributed by atoms with Crippen molar-refractivity contribution in [3.05, 3.63) is 34.1 Å². The number of hydrogen-bond acceptors (Lipinski definition) is 2. The maximum Gasteiger partial charge on any atom is 0.451 e. The van der Waals surface area contributed by atoms with Gasteiger partial charge in [0.1, 0.15) is 5.82 Å². The lowest BCUT2D eigenvalue weighted by Gasteiger charge is -2.06. The summed E-state index contributed by atoms with van der Waals surface area (Å²) in [4.78, 5) is 0. The molecule has 0 atom stereocenters. The zero-order valence-electron chi connectivity index (χ0n) is 7.13. The van der Waals surface area contributed by atoms with Gasteiger partial charge in [0.05, 0.1) is 6.61 Å². The van der Waals surface area contributed by atoms with Crippen molar-refractivity contribution in [3.63, 3.8) is 0 Å². The summed E-state index contributed by atoms with van der Waals surface area (Å²) in [5.74, 6) is -0.313. The Morgan fingerprint density at radius 1 is 1.62 bits per heavy atom. The Hall–Kier alpha value is -0.385. The second-order valence-corrected chi connectivity index (χ2v) is 3.50. The van der Waals surface area contributed by atoms with E-state index >= 15 is 0 Å². The van der Waals surface area contributed by atoms with Crippen LogP contribution in [0.25, 0.3) is 0 Å². The van der Waals surface area contributed by atoms with E-state index in [0.29, 0.717) is 5.56 Å². The molecule has 1 rings (SSSR count). The van der Waals surface area contributed by atoms with Gasteiger partial charge in [-0.2, -0.15) is 0 Å². The van der Waals surface area contributed by atoms with E-state index in [0.717, 1.165) is 4.47 Å². The summed E-state index contributed by atoms with van der Waals surface area (Å²) in [6, 6.07) is 4.33. The molecule has 0 heterocycles. The van der Waals surface area contributed by atoms with E-state index in [2.05, 4.69) is 15.9 Å². The lowest BCUT2D eigenvalue weighted by molar-refractivity contribution is 0.253. The molecule has 1 N–H and O–H groups in total. The van der Waals surface area contributed by atoms with Crippen LogP contribution >= 0.6 is 15.9 Å². The second-order valence-electron chi connectivity index (χ2n) is 2.65. The van der Waals surface area contributed by atoms with Crippen molar-refractivity contribution in [2.75, 3.05) is 0 Å². The van der Waals surface area contributed by atoms with Crippen molar-refractivity contribution in [1.29, 1.82) is 0 Å². The van der Waals surface area contributed by atoms with Gasteiger partial charge in [-0.05, 0) is 30.6 Å². The first-order valence-corrected chi connectivity index (χ1v) is 4.62. The molecule has 0 aliphatic heterocycles. The van der Waals surface area contributed by atoms with Crippen LogP contribution in [0.3, 0.4) is 0 Å². The van der Waals surface area contributed by atoms with Crippen molar-refractivity contribution in [3.8, 4) is 0 Å². The van der Waals surface area contributed by atoms with Gasteiger partial charge in [0.25, 0.3) is 0 Å². The van der Waals surface area contributed by atoms with Crippen LogP contribution in [0.4, 0.5) is 4.39 Å². The van der Waals surface area contributed by atoms with Gasteiger partial charge < -0.3 is 9.68 Å². The van der Waals surface area contributed by atoms with Gasteiger partial charge in [-0.25, -0.2) is 4.39 Å². The molecular weight excluding hydrogens is 238 g/mol. The SMILES string of the molecule is CB(O)OCc1cc(F)ccc1Br. The number of rotatable bonds is 3. The van der Waals surface area contributed by atoms with Gasteiger partial charge in [0.2, 0.25) is 0 Å². The van der Waals surface area contributed by atoms with Crippen LogP contribution in [0.2, 0.25) is 6.82 Å². The van der Waals surface area contributed by atoms with Gasteiger partial charge >= 0.3 is 7.12 Å². The number of halogens is 2. The third-order valence-corrected chi connectivity index (χ3v) is 2.26. The van der Waals surface area contributed by atoms with Crippen molar-refractivity contribution in [2.24, 2.45) is 0 Å². The van der Waals surface area contributed by atoms with Gasteiger partial charge in [-0.15, -0.1) is 0 Å².